The number of primary amides is 1. The van der Waals surface area contributed by atoms with E-state index >= 15 is 0 Å². The van der Waals surface area contributed by atoms with Crippen molar-refractivity contribution in [1.82, 2.24) is 15.1 Å². The van der Waals surface area contributed by atoms with Crippen LogP contribution in [0.2, 0.25) is 0 Å². The van der Waals surface area contributed by atoms with Gasteiger partial charge in [0.25, 0.3) is 5.91 Å². The van der Waals surface area contributed by atoms with E-state index in [-0.39, 0.29) is 0 Å². The van der Waals surface area contributed by atoms with E-state index in [1.165, 1.54) is 0 Å². The van der Waals surface area contributed by atoms with Gasteiger partial charge in [-0.25, -0.2) is 4.79 Å². The molecule has 0 unspecified atom stereocenters. The molecular formula is C13H15N5O2. The molecule has 104 valence electrons. The zero-order chi connectivity index (χ0) is 14.5. The van der Waals surface area contributed by atoms with Crippen LogP contribution in [0.1, 0.15) is 11.6 Å². The Morgan fingerprint density at radius 3 is 2.50 bits per heavy atom. The van der Waals surface area contributed by atoms with Gasteiger partial charge in [-0.15, -0.1) is 0 Å². The minimum absolute atomic E-state index is 0.529. The van der Waals surface area contributed by atoms with Crippen LogP contribution in [0.5, 0.6) is 0 Å². The summed E-state index contributed by atoms with van der Waals surface area (Å²) >= 11 is 0. The van der Waals surface area contributed by atoms with Crippen molar-refractivity contribution in [3.8, 4) is 0 Å². The lowest BCUT2D eigenvalue weighted by molar-refractivity contribution is -0.120. The van der Waals surface area contributed by atoms with E-state index in [1.807, 2.05) is 6.07 Å². The van der Waals surface area contributed by atoms with Gasteiger partial charge in [-0.2, -0.15) is 5.10 Å². The van der Waals surface area contributed by atoms with Gasteiger partial charge in [0.1, 0.15) is 11.9 Å². The number of carbonyl (C=O) groups is 2. The van der Waals surface area contributed by atoms with Gasteiger partial charge >= 0.3 is 6.03 Å². The molecule has 0 radical (unpaired) electrons. The van der Waals surface area contributed by atoms with Crippen LogP contribution in [0.3, 0.4) is 0 Å². The number of hydrogen-bond donors (Lipinski definition) is 3. The van der Waals surface area contributed by atoms with Gasteiger partial charge in [-0.3, -0.25) is 14.8 Å². The molecule has 3 amide bonds. The average molecular weight is 273 g/mol. The molecule has 0 aliphatic heterocycles. The number of aromatic nitrogens is 2. The van der Waals surface area contributed by atoms with Crippen molar-refractivity contribution in [1.29, 1.82) is 0 Å². The lowest BCUT2D eigenvalue weighted by atomic mass is 10.1. The van der Waals surface area contributed by atoms with Crippen molar-refractivity contribution in [3.05, 3.63) is 48.2 Å². The van der Waals surface area contributed by atoms with E-state index in [9.17, 15) is 9.59 Å². The van der Waals surface area contributed by atoms with Crippen molar-refractivity contribution >= 4 is 17.8 Å². The van der Waals surface area contributed by atoms with Crippen LogP contribution in [0, 0.1) is 0 Å². The Hall–Kier alpha value is -2.83. The first kappa shape index (κ1) is 13.6. The van der Waals surface area contributed by atoms with Crippen LogP contribution in [0.15, 0.2) is 42.6 Å². The Labute approximate surface area is 115 Å². The van der Waals surface area contributed by atoms with Gasteiger partial charge in [0.2, 0.25) is 0 Å². The van der Waals surface area contributed by atoms with Crippen LogP contribution < -0.4 is 16.4 Å². The summed E-state index contributed by atoms with van der Waals surface area (Å²) in [5, 5.41) is 9.19. The van der Waals surface area contributed by atoms with E-state index in [0.29, 0.717) is 11.4 Å². The van der Waals surface area contributed by atoms with E-state index in [1.54, 1.807) is 48.3 Å². The molecule has 0 aliphatic carbocycles. The molecule has 2 aromatic rings. The third kappa shape index (κ3) is 3.35. The zero-order valence-corrected chi connectivity index (χ0v) is 10.9. The number of amides is 3. The van der Waals surface area contributed by atoms with Crippen molar-refractivity contribution in [2.75, 3.05) is 5.32 Å². The molecule has 0 bridgehead atoms. The Balaban J connectivity index is 2.24. The Bertz CT molecular complexity index is 608. The largest absolute Gasteiger partial charge is 0.353 e. The fraction of sp³-hybridized carbons (Fsp3) is 0.154. The molecule has 1 aromatic heterocycles. The molecule has 2 rings (SSSR count). The van der Waals surface area contributed by atoms with Crippen molar-refractivity contribution in [2.45, 2.75) is 6.04 Å². The quantitative estimate of drug-likeness (QED) is 0.765. The molecule has 1 atom stereocenters. The Morgan fingerprint density at radius 2 is 1.95 bits per heavy atom. The highest BCUT2D eigenvalue weighted by Crippen LogP contribution is 2.18. The summed E-state index contributed by atoms with van der Waals surface area (Å²) in [5.74, 6) is -0.00433. The lowest BCUT2D eigenvalue weighted by Gasteiger charge is -2.17. The first-order chi connectivity index (χ1) is 9.56. The normalized spacial score (nSPS) is 11.7. The number of nitrogens with one attached hydrogen (secondary N) is 2. The van der Waals surface area contributed by atoms with Gasteiger partial charge in [-0.1, -0.05) is 30.3 Å². The summed E-state index contributed by atoms with van der Waals surface area (Å²) in [5.41, 5.74) is 5.69. The predicted molar refractivity (Wildman–Crippen MR) is 73.7 cm³/mol. The van der Waals surface area contributed by atoms with Crippen LogP contribution in [-0.2, 0) is 11.8 Å². The number of benzene rings is 1. The van der Waals surface area contributed by atoms with Gasteiger partial charge in [0, 0.05) is 19.3 Å². The van der Waals surface area contributed by atoms with E-state index in [0.717, 1.165) is 0 Å². The maximum atomic E-state index is 12.1. The van der Waals surface area contributed by atoms with E-state index in [4.69, 9.17) is 5.73 Å². The maximum absolute atomic E-state index is 12.1. The summed E-state index contributed by atoms with van der Waals surface area (Å²) in [4.78, 5) is 22.9. The fourth-order valence-corrected chi connectivity index (χ4v) is 1.78. The second-order valence-electron chi connectivity index (χ2n) is 4.22. The number of anilines is 1. The smallest absolute Gasteiger partial charge is 0.318 e. The molecule has 0 fully saturated rings. The van der Waals surface area contributed by atoms with Crippen LogP contribution >= 0.6 is 0 Å². The van der Waals surface area contributed by atoms with Crippen LogP contribution in [-0.4, -0.2) is 21.7 Å². The second kappa shape index (κ2) is 5.87. The van der Waals surface area contributed by atoms with E-state index in [2.05, 4.69) is 15.7 Å². The Kier molecular flexibility index (Phi) is 3.99. The molecule has 0 spiro atoms. The van der Waals surface area contributed by atoms with Crippen molar-refractivity contribution in [3.63, 3.8) is 0 Å². The zero-order valence-electron chi connectivity index (χ0n) is 10.9. The topological polar surface area (TPSA) is 102 Å². The molecule has 1 aromatic carbocycles. The predicted octanol–water partition coefficient (Wildman–Crippen LogP) is 0.768. The third-order valence-corrected chi connectivity index (χ3v) is 2.65. The summed E-state index contributed by atoms with van der Waals surface area (Å²) in [6, 6.07) is 9.10. The molecule has 0 saturated heterocycles. The Morgan fingerprint density at radius 1 is 1.25 bits per heavy atom. The minimum Gasteiger partial charge on any atom is -0.353 e. The number of rotatable bonds is 4. The monoisotopic (exact) mass is 273 g/mol. The standard InChI is InChI=1S/C13H15N5O2/c1-18-8-7-10(17-18)15-11(12(19)16-13(14)20)9-5-3-2-4-6-9/h2-8,11H,1H3,(H,15,17)(H3,14,16,19,20)/t11-/m0/s1. The minimum atomic E-state index is -0.890. The number of nitrogens with zero attached hydrogens (tertiary/aromatic N) is 2. The highest BCUT2D eigenvalue weighted by atomic mass is 16.2. The summed E-state index contributed by atoms with van der Waals surface area (Å²) < 4.78 is 1.61. The van der Waals surface area contributed by atoms with Crippen LogP contribution in [0.4, 0.5) is 10.6 Å². The number of imide groups is 1. The molecular weight excluding hydrogens is 258 g/mol. The molecule has 0 aliphatic rings. The summed E-state index contributed by atoms with van der Waals surface area (Å²) in [6.07, 6.45) is 1.75. The first-order valence-electron chi connectivity index (χ1n) is 5.97. The number of carbonyl (C=O) groups excluding carboxylic acids is 2. The van der Waals surface area contributed by atoms with Gasteiger partial charge in [0.05, 0.1) is 0 Å². The van der Waals surface area contributed by atoms with Gasteiger partial charge in [0.15, 0.2) is 0 Å². The second-order valence-corrected chi connectivity index (χ2v) is 4.22. The maximum Gasteiger partial charge on any atom is 0.318 e. The number of urea groups is 1. The van der Waals surface area contributed by atoms with Crippen LogP contribution in [0.25, 0.3) is 0 Å². The molecule has 4 N–H and O–H groups in total. The molecule has 7 nitrogen and oxygen atoms in total. The molecule has 1 heterocycles. The summed E-state index contributed by atoms with van der Waals surface area (Å²) in [6.45, 7) is 0. The lowest BCUT2D eigenvalue weighted by Crippen LogP contribution is -2.40. The first-order valence-corrected chi connectivity index (χ1v) is 5.97. The van der Waals surface area contributed by atoms with Gasteiger partial charge in [-0.05, 0) is 5.56 Å². The average Bonchev–Trinajstić information content (AvgIpc) is 2.81. The molecule has 20 heavy (non-hydrogen) atoms. The number of nitrogens with two attached hydrogens (primary N) is 1. The van der Waals surface area contributed by atoms with E-state index < -0.39 is 18.0 Å². The number of hydrogen-bond acceptors (Lipinski definition) is 4. The van der Waals surface area contributed by atoms with Crippen molar-refractivity contribution < 1.29 is 9.59 Å². The van der Waals surface area contributed by atoms with Gasteiger partial charge < -0.3 is 11.1 Å². The third-order valence-electron chi connectivity index (χ3n) is 2.65. The van der Waals surface area contributed by atoms with Crippen molar-refractivity contribution in [2.24, 2.45) is 12.8 Å². The fourth-order valence-electron chi connectivity index (χ4n) is 1.78. The highest BCUT2D eigenvalue weighted by molar-refractivity contribution is 5.98. The molecule has 7 heteroatoms. The highest BCUT2D eigenvalue weighted by Gasteiger charge is 2.22. The summed E-state index contributed by atoms with van der Waals surface area (Å²) in [7, 11) is 1.77. The SMILES string of the molecule is Cn1ccc(N[C@H](C(=O)NC(N)=O)c2ccccc2)n1. The number of aryl methyl sites for hydroxylation is 1. The molecule has 0 saturated carbocycles.